The predicted molar refractivity (Wildman–Crippen MR) is 99.4 cm³/mol. The molecule has 0 aliphatic carbocycles. The highest BCUT2D eigenvalue weighted by atomic mass is 16.5. The van der Waals surface area contributed by atoms with Gasteiger partial charge in [0.2, 0.25) is 0 Å². The number of methoxy groups -OCH3 is 1. The lowest BCUT2D eigenvalue weighted by molar-refractivity contribution is -0.163. The number of nitrogens with zero attached hydrogens (tertiary/aromatic N) is 1. The Hall–Kier alpha value is -2.27. The summed E-state index contributed by atoms with van der Waals surface area (Å²) in [6, 6.07) is 11.9. The lowest BCUT2D eigenvalue weighted by Crippen LogP contribution is -2.39. The first-order chi connectivity index (χ1) is 12.5. The summed E-state index contributed by atoms with van der Waals surface area (Å²) in [6.45, 7) is 4.29. The number of benzene rings is 1. The van der Waals surface area contributed by atoms with Gasteiger partial charge < -0.3 is 19.1 Å². The number of aromatic nitrogens is 1. The van der Waals surface area contributed by atoms with Crippen molar-refractivity contribution >= 4 is 5.97 Å². The van der Waals surface area contributed by atoms with Crippen LogP contribution in [0, 0.1) is 0 Å². The van der Waals surface area contributed by atoms with E-state index in [2.05, 4.69) is 24.5 Å². The molecule has 0 amide bonds. The minimum atomic E-state index is -0.653. The standard InChI is InChI=1S/C21H27NO4/c1-14(2)17-8-6-10-22(17)18(20-12-16(23)13-21(24)26-20)11-15-7-4-5-9-19(15)25-3/h4-10,14,16,18,20,23H,11-13H2,1-3H3. The van der Waals surface area contributed by atoms with E-state index in [4.69, 9.17) is 9.47 Å². The number of ether oxygens (including phenoxy) is 2. The Morgan fingerprint density at radius 3 is 2.73 bits per heavy atom. The molecule has 1 N–H and O–H groups in total. The molecule has 2 heterocycles. The number of hydrogen-bond acceptors (Lipinski definition) is 4. The van der Waals surface area contributed by atoms with Crippen molar-refractivity contribution in [2.45, 2.75) is 57.3 Å². The molecular formula is C21H27NO4. The number of hydrogen-bond donors (Lipinski definition) is 1. The van der Waals surface area contributed by atoms with E-state index in [-0.39, 0.29) is 24.5 Å². The summed E-state index contributed by atoms with van der Waals surface area (Å²) >= 11 is 0. The number of carbonyl (C=O) groups excluding carboxylic acids is 1. The minimum Gasteiger partial charge on any atom is -0.496 e. The summed E-state index contributed by atoms with van der Waals surface area (Å²) in [5.41, 5.74) is 2.24. The van der Waals surface area contributed by atoms with E-state index in [1.54, 1.807) is 7.11 Å². The van der Waals surface area contributed by atoms with Crippen LogP contribution in [0.3, 0.4) is 0 Å². The first-order valence-electron chi connectivity index (χ1n) is 9.15. The molecule has 0 spiro atoms. The smallest absolute Gasteiger partial charge is 0.308 e. The fourth-order valence-electron chi connectivity index (χ4n) is 3.75. The summed E-state index contributed by atoms with van der Waals surface area (Å²) in [4.78, 5) is 11.9. The molecular weight excluding hydrogens is 330 g/mol. The molecule has 1 aromatic carbocycles. The van der Waals surface area contributed by atoms with E-state index in [1.807, 2.05) is 36.5 Å². The Kier molecular flexibility index (Phi) is 5.67. The maximum atomic E-state index is 11.9. The van der Waals surface area contributed by atoms with Crippen molar-refractivity contribution in [1.29, 1.82) is 0 Å². The van der Waals surface area contributed by atoms with Gasteiger partial charge in [-0.15, -0.1) is 0 Å². The zero-order valence-electron chi connectivity index (χ0n) is 15.6. The first-order valence-corrected chi connectivity index (χ1v) is 9.15. The molecule has 1 fully saturated rings. The lowest BCUT2D eigenvalue weighted by Gasteiger charge is -2.35. The first kappa shape index (κ1) is 18.5. The van der Waals surface area contributed by atoms with Crippen molar-refractivity contribution in [2.24, 2.45) is 0 Å². The highest BCUT2D eigenvalue weighted by molar-refractivity contribution is 5.71. The quantitative estimate of drug-likeness (QED) is 0.804. The number of aliphatic hydroxyl groups excluding tert-OH is 1. The Bertz CT molecular complexity index is 752. The van der Waals surface area contributed by atoms with Gasteiger partial charge in [0.1, 0.15) is 11.9 Å². The number of esters is 1. The van der Waals surface area contributed by atoms with Gasteiger partial charge in [0.25, 0.3) is 0 Å². The molecule has 1 aliphatic rings. The average Bonchev–Trinajstić information content (AvgIpc) is 3.08. The summed E-state index contributed by atoms with van der Waals surface area (Å²) in [7, 11) is 1.66. The largest absolute Gasteiger partial charge is 0.496 e. The van der Waals surface area contributed by atoms with Crippen LogP contribution in [0.25, 0.3) is 0 Å². The Balaban J connectivity index is 1.98. The highest BCUT2D eigenvalue weighted by Crippen LogP contribution is 2.33. The van der Waals surface area contributed by atoms with Gasteiger partial charge in [-0.05, 0) is 29.7 Å². The highest BCUT2D eigenvalue weighted by Gasteiger charge is 2.35. The van der Waals surface area contributed by atoms with Crippen LogP contribution in [0.5, 0.6) is 5.75 Å². The molecule has 3 atom stereocenters. The fourth-order valence-corrected chi connectivity index (χ4v) is 3.75. The normalized spacial score (nSPS) is 21.5. The van der Waals surface area contributed by atoms with Crippen LogP contribution in [-0.4, -0.2) is 35.0 Å². The van der Waals surface area contributed by atoms with Gasteiger partial charge in [-0.1, -0.05) is 32.0 Å². The van der Waals surface area contributed by atoms with Crippen LogP contribution in [-0.2, 0) is 16.0 Å². The number of carbonyl (C=O) groups is 1. The molecule has 1 aliphatic heterocycles. The van der Waals surface area contributed by atoms with Crippen molar-refractivity contribution in [3.63, 3.8) is 0 Å². The number of rotatable bonds is 6. The molecule has 140 valence electrons. The number of aliphatic hydroxyl groups is 1. The van der Waals surface area contributed by atoms with E-state index >= 15 is 0 Å². The summed E-state index contributed by atoms with van der Waals surface area (Å²) < 4.78 is 13.4. The second-order valence-electron chi connectivity index (χ2n) is 7.20. The van der Waals surface area contributed by atoms with Gasteiger partial charge in [-0.3, -0.25) is 4.79 Å². The van der Waals surface area contributed by atoms with Crippen molar-refractivity contribution < 1.29 is 19.4 Å². The average molecular weight is 357 g/mol. The Morgan fingerprint density at radius 1 is 1.27 bits per heavy atom. The molecule has 3 unspecified atom stereocenters. The van der Waals surface area contributed by atoms with E-state index in [0.717, 1.165) is 11.3 Å². The fraction of sp³-hybridized carbons (Fsp3) is 0.476. The second-order valence-corrected chi connectivity index (χ2v) is 7.20. The summed E-state index contributed by atoms with van der Waals surface area (Å²) in [5.74, 6) is 0.824. The number of para-hydroxylation sites is 1. The van der Waals surface area contributed by atoms with Crippen LogP contribution in [0.4, 0.5) is 0 Å². The van der Waals surface area contributed by atoms with Crippen molar-refractivity contribution in [3.8, 4) is 5.75 Å². The van der Waals surface area contributed by atoms with E-state index in [1.165, 1.54) is 5.69 Å². The predicted octanol–water partition coefficient (Wildman–Crippen LogP) is 3.47. The van der Waals surface area contributed by atoms with Crippen molar-refractivity contribution in [3.05, 3.63) is 53.9 Å². The third kappa shape index (κ3) is 3.93. The SMILES string of the molecule is COc1ccccc1CC(C1CC(O)CC(=O)O1)n1cccc1C(C)C. The molecule has 0 radical (unpaired) electrons. The van der Waals surface area contributed by atoms with Gasteiger partial charge in [-0.2, -0.15) is 0 Å². The molecule has 1 aromatic heterocycles. The third-order valence-corrected chi connectivity index (χ3v) is 5.00. The van der Waals surface area contributed by atoms with Crippen LogP contribution >= 0.6 is 0 Å². The molecule has 2 aromatic rings. The molecule has 0 bridgehead atoms. The summed E-state index contributed by atoms with van der Waals surface area (Å²) in [5, 5.41) is 10.1. The molecule has 26 heavy (non-hydrogen) atoms. The van der Waals surface area contributed by atoms with Crippen molar-refractivity contribution in [2.75, 3.05) is 7.11 Å². The molecule has 5 nitrogen and oxygen atoms in total. The van der Waals surface area contributed by atoms with Crippen LogP contribution in [0.2, 0.25) is 0 Å². The van der Waals surface area contributed by atoms with Gasteiger partial charge in [-0.25, -0.2) is 0 Å². The van der Waals surface area contributed by atoms with Gasteiger partial charge in [0.15, 0.2) is 0 Å². The van der Waals surface area contributed by atoms with E-state index < -0.39 is 6.10 Å². The van der Waals surface area contributed by atoms with Crippen molar-refractivity contribution in [1.82, 2.24) is 4.57 Å². The molecule has 0 saturated carbocycles. The number of cyclic esters (lactones) is 1. The van der Waals surface area contributed by atoms with E-state index in [9.17, 15) is 9.90 Å². The van der Waals surface area contributed by atoms with Gasteiger partial charge in [0.05, 0.1) is 25.7 Å². The zero-order valence-corrected chi connectivity index (χ0v) is 15.6. The maximum absolute atomic E-state index is 11.9. The second kappa shape index (κ2) is 7.96. The van der Waals surface area contributed by atoms with Gasteiger partial charge in [0, 0.05) is 24.7 Å². The van der Waals surface area contributed by atoms with Crippen LogP contribution in [0.15, 0.2) is 42.6 Å². The minimum absolute atomic E-state index is 0.0700. The Morgan fingerprint density at radius 2 is 2.04 bits per heavy atom. The molecule has 5 heteroatoms. The third-order valence-electron chi connectivity index (χ3n) is 5.00. The monoisotopic (exact) mass is 357 g/mol. The zero-order chi connectivity index (χ0) is 18.7. The maximum Gasteiger partial charge on any atom is 0.308 e. The van der Waals surface area contributed by atoms with E-state index in [0.29, 0.717) is 18.8 Å². The topological polar surface area (TPSA) is 60.7 Å². The van der Waals surface area contributed by atoms with Gasteiger partial charge >= 0.3 is 5.97 Å². The molecule has 1 saturated heterocycles. The van der Waals surface area contributed by atoms with Crippen LogP contribution < -0.4 is 4.74 Å². The Labute approximate surface area is 154 Å². The van der Waals surface area contributed by atoms with Crippen LogP contribution in [0.1, 0.15) is 49.9 Å². The summed E-state index contributed by atoms with van der Waals surface area (Å²) in [6.07, 6.45) is 2.18. The molecule has 3 rings (SSSR count). The lowest BCUT2D eigenvalue weighted by atomic mass is 9.93.